The molecule has 118 valence electrons. The standard InChI is InChI=1S/C16H26N2O2S/c1-4-5-6-7-10-17-16(20)14(12(2)3)18-15(19)13-9-8-11-21-13/h8-9,11-12,14H,4-7,10H2,1-3H3,(H,17,20)(H,18,19). The molecule has 4 nitrogen and oxygen atoms in total. The first-order chi connectivity index (χ1) is 10.1. The second kappa shape index (κ2) is 9.55. The number of unbranched alkanes of at least 4 members (excludes halogenated alkanes) is 3. The third kappa shape index (κ3) is 6.29. The zero-order chi connectivity index (χ0) is 15.7. The predicted molar refractivity (Wildman–Crippen MR) is 87.6 cm³/mol. The van der Waals surface area contributed by atoms with E-state index in [-0.39, 0.29) is 17.7 Å². The molecular weight excluding hydrogens is 284 g/mol. The SMILES string of the molecule is CCCCCCNC(=O)C(NC(=O)c1cccs1)C(C)C. The number of carbonyl (C=O) groups excluding carboxylic acids is 2. The van der Waals surface area contributed by atoms with Crippen LogP contribution in [-0.2, 0) is 4.79 Å². The van der Waals surface area contributed by atoms with Gasteiger partial charge in [-0.25, -0.2) is 0 Å². The van der Waals surface area contributed by atoms with Crippen molar-refractivity contribution >= 4 is 23.2 Å². The molecule has 0 saturated heterocycles. The molecule has 0 radical (unpaired) electrons. The maximum absolute atomic E-state index is 12.2. The number of amides is 2. The highest BCUT2D eigenvalue weighted by Crippen LogP contribution is 2.10. The Morgan fingerprint density at radius 2 is 2.00 bits per heavy atom. The van der Waals surface area contributed by atoms with Gasteiger partial charge in [0.05, 0.1) is 4.88 Å². The van der Waals surface area contributed by atoms with Gasteiger partial charge >= 0.3 is 0 Å². The topological polar surface area (TPSA) is 58.2 Å². The largest absolute Gasteiger partial charge is 0.354 e. The first-order valence-corrected chi connectivity index (χ1v) is 8.56. The number of thiophene rings is 1. The van der Waals surface area contributed by atoms with E-state index >= 15 is 0 Å². The van der Waals surface area contributed by atoms with Crippen molar-refractivity contribution in [2.24, 2.45) is 5.92 Å². The van der Waals surface area contributed by atoms with Crippen LogP contribution < -0.4 is 10.6 Å². The zero-order valence-electron chi connectivity index (χ0n) is 13.1. The lowest BCUT2D eigenvalue weighted by Gasteiger charge is -2.21. The molecule has 2 N–H and O–H groups in total. The molecule has 1 unspecified atom stereocenters. The molecule has 1 rings (SSSR count). The van der Waals surface area contributed by atoms with Crippen LogP contribution in [0.3, 0.4) is 0 Å². The van der Waals surface area contributed by atoms with Crippen molar-refractivity contribution in [2.75, 3.05) is 6.54 Å². The van der Waals surface area contributed by atoms with E-state index in [0.29, 0.717) is 11.4 Å². The van der Waals surface area contributed by atoms with Crippen molar-refractivity contribution in [3.8, 4) is 0 Å². The third-order valence-corrected chi connectivity index (χ3v) is 4.18. The second-order valence-corrected chi connectivity index (χ2v) is 6.47. The molecular formula is C16H26N2O2S. The highest BCUT2D eigenvalue weighted by Gasteiger charge is 2.24. The zero-order valence-corrected chi connectivity index (χ0v) is 14.0. The summed E-state index contributed by atoms with van der Waals surface area (Å²) >= 11 is 1.38. The Labute approximate surface area is 131 Å². The monoisotopic (exact) mass is 310 g/mol. The van der Waals surface area contributed by atoms with E-state index in [0.717, 1.165) is 12.8 Å². The lowest BCUT2D eigenvalue weighted by molar-refractivity contribution is -0.123. The van der Waals surface area contributed by atoms with Gasteiger partial charge in [-0.1, -0.05) is 46.1 Å². The number of nitrogens with one attached hydrogen (secondary N) is 2. The molecule has 0 aliphatic heterocycles. The van der Waals surface area contributed by atoms with Crippen molar-refractivity contribution in [1.29, 1.82) is 0 Å². The van der Waals surface area contributed by atoms with Crippen LogP contribution in [-0.4, -0.2) is 24.4 Å². The summed E-state index contributed by atoms with van der Waals surface area (Å²) in [6.07, 6.45) is 4.49. The molecule has 1 aromatic rings. The molecule has 5 heteroatoms. The van der Waals surface area contributed by atoms with Crippen LogP contribution in [0, 0.1) is 5.92 Å². The molecule has 0 aliphatic carbocycles. The summed E-state index contributed by atoms with van der Waals surface area (Å²) in [4.78, 5) is 24.9. The Balaban J connectivity index is 2.45. The highest BCUT2D eigenvalue weighted by atomic mass is 32.1. The first kappa shape index (κ1) is 17.7. The van der Waals surface area contributed by atoms with Crippen LogP contribution in [0.4, 0.5) is 0 Å². The molecule has 0 bridgehead atoms. The van der Waals surface area contributed by atoms with Gasteiger partial charge in [-0.2, -0.15) is 0 Å². The molecule has 1 aromatic heterocycles. The summed E-state index contributed by atoms with van der Waals surface area (Å²) in [6, 6.07) is 3.11. The van der Waals surface area contributed by atoms with Crippen LogP contribution in [0.1, 0.15) is 56.1 Å². The smallest absolute Gasteiger partial charge is 0.262 e. The van der Waals surface area contributed by atoms with Gasteiger partial charge in [0.15, 0.2) is 0 Å². The fourth-order valence-electron chi connectivity index (χ4n) is 2.03. The Hall–Kier alpha value is -1.36. The van der Waals surface area contributed by atoms with Gasteiger partial charge in [-0.3, -0.25) is 9.59 Å². The quantitative estimate of drug-likeness (QED) is 0.688. The van der Waals surface area contributed by atoms with Gasteiger partial charge in [0.2, 0.25) is 5.91 Å². The normalized spacial score (nSPS) is 12.2. The molecule has 21 heavy (non-hydrogen) atoms. The summed E-state index contributed by atoms with van der Waals surface area (Å²) in [7, 11) is 0. The first-order valence-electron chi connectivity index (χ1n) is 7.68. The lowest BCUT2D eigenvalue weighted by atomic mass is 10.0. The van der Waals surface area contributed by atoms with Crippen LogP contribution in [0.2, 0.25) is 0 Å². The molecule has 0 fully saturated rings. The van der Waals surface area contributed by atoms with Crippen molar-refractivity contribution in [3.63, 3.8) is 0 Å². The average Bonchev–Trinajstić information content (AvgIpc) is 2.98. The molecule has 0 aliphatic rings. The van der Waals surface area contributed by atoms with Crippen molar-refractivity contribution < 1.29 is 9.59 Å². The van der Waals surface area contributed by atoms with E-state index in [1.54, 1.807) is 6.07 Å². The number of hydrogen-bond donors (Lipinski definition) is 2. The number of hydrogen-bond acceptors (Lipinski definition) is 3. The van der Waals surface area contributed by atoms with E-state index < -0.39 is 6.04 Å². The lowest BCUT2D eigenvalue weighted by Crippen LogP contribution is -2.49. The summed E-state index contributed by atoms with van der Waals surface area (Å²) in [6.45, 7) is 6.72. The van der Waals surface area contributed by atoms with Crippen LogP contribution >= 0.6 is 11.3 Å². The Kier molecular flexibility index (Phi) is 8.05. The predicted octanol–water partition coefficient (Wildman–Crippen LogP) is 3.20. The minimum absolute atomic E-state index is 0.0598. The maximum Gasteiger partial charge on any atom is 0.262 e. The van der Waals surface area contributed by atoms with Crippen molar-refractivity contribution in [3.05, 3.63) is 22.4 Å². The van der Waals surface area contributed by atoms with Gasteiger partial charge in [-0.15, -0.1) is 11.3 Å². The summed E-state index contributed by atoms with van der Waals surface area (Å²) in [5.74, 6) is -0.208. The van der Waals surface area contributed by atoms with Gasteiger partial charge in [0.25, 0.3) is 5.91 Å². The van der Waals surface area contributed by atoms with E-state index in [9.17, 15) is 9.59 Å². The van der Waals surface area contributed by atoms with Crippen molar-refractivity contribution in [2.45, 2.75) is 52.5 Å². The van der Waals surface area contributed by atoms with Gasteiger partial charge < -0.3 is 10.6 Å². The Morgan fingerprint density at radius 1 is 1.24 bits per heavy atom. The second-order valence-electron chi connectivity index (χ2n) is 5.52. The van der Waals surface area contributed by atoms with E-state index in [1.165, 1.54) is 24.2 Å². The molecule has 1 heterocycles. The van der Waals surface area contributed by atoms with E-state index in [1.807, 2.05) is 25.3 Å². The Bertz CT molecular complexity index is 429. The van der Waals surface area contributed by atoms with Gasteiger partial charge in [0, 0.05) is 6.54 Å². The number of rotatable bonds is 9. The average molecular weight is 310 g/mol. The molecule has 2 amide bonds. The number of carbonyl (C=O) groups is 2. The van der Waals surface area contributed by atoms with Crippen LogP contribution in [0.15, 0.2) is 17.5 Å². The summed E-state index contributed by atoms with van der Waals surface area (Å²) in [5, 5.41) is 7.61. The summed E-state index contributed by atoms with van der Waals surface area (Å²) < 4.78 is 0. The fraction of sp³-hybridized carbons (Fsp3) is 0.625. The molecule has 0 saturated carbocycles. The fourth-order valence-corrected chi connectivity index (χ4v) is 2.66. The molecule has 0 aromatic carbocycles. The van der Waals surface area contributed by atoms with E-state index in [2.05, 4.69) is 17.6 Å². The van der Waals surface area contributed by atoms with Crippen LogP contribution in [0.5, 0.6) is 0 Å². The molecule has 0 spiro atoms. The van der Waals surface area contributed by atoms with Crippen LogP contribution in [0.25, 0.3) is 0 Å². The third-order valence-electron chi connectivity index (χ3n) is 3.31. The van der Waals surface area contributed by atoms with Crippen molar-refractivity contribution in [1.82, 2.24) is 10.6 Å². The van der Waals surface area contributed by atoms with Gasteiger partial charge in [-0.05, 0) is 23.8 Å². The maximum atomic E-state index is 12.2. The minimum atomic E-state index is -0.481. The highest BCUT2D eigenvalue weighted by molar-refractivity contribution is 7.12. The van der Waals surface area contributed by atoms with Gasteiger partial charge in [0.1, 0.15) is 6.04 Å². The Morgan fingerprint density at radius 3 is 2.57 bits per heavy atom. The molecule has 1 atom stereocenters. The van der Waals surface area contributed by atoms with E-state index in [4.69, 9.17) is 0 Å². The minimum Gasteiger partial charge on any atom is -0.354 e. The summed E-state index contributed by atoms with van der Waals surface area (Å²) in [5.41, 5.74) is 0.